The summed E-state index contributed by atoms with van der Waals surface area (Å²) in [5.41, 5.74) is 2.26. The van der Waals surface area contributed by atoms with Crippen molar-refractivity contribution < 1.29 is 19.1 Å². The van der Waals surface area contributed by atoms with Crippen molar-refractivity contribution in [2.75, 3.05) is 25.7 Å². The van der Waals surface area contributed by atoms with E-state index in [0.29, 0.717) is 23.6 Å². The molecule has 0 bridgehead atoms. The van der Waals surface area contributed by atoms with Gasteiger partial charge in [-0.2, -0.15) is 0 Å². The second-order valence-electron chi connectivity index (χ2n) is 6.23. The molecular weight excluding hydrogens is 332 g/mol. The van der Waals surface area contributed by atoms with Gasteiger partial charge in [0.05, 0.1) is 20.3 Å². The van der Waals surface area contributed by atoms with Gasteiger partial charge in [-0.15, -0.1) is 0 Å². The zero-order valence-electron chi connectivity index (χ0n) is 15.1. The van der Waals surface area contributed by atoms with Gasteiger partial charge in [0.15, 0.2) is 11.5 Å². The van der Waals surface area contributed by atoms with E-state index in [1.807, 2.05) is 31.2 Å². The van der Waals surface area contributed by atoms with E-state index < -0.39 is 0 Å². The highest BCUT2D eigenvalue weighted by molar-refractivity contribution is 5.99. The van der Waals surface area contributed by atoms with Crippen LogP contribution in [0.15, 0.2) is 42.5 Å². The van der Waals surface area contributed by atoms with Gasteiger partial charge in [-0.25, -0.2) is 0 Å². The Bertz CT molecular complexity index is 834. The second kappa shape index (κ2) is 7.47. The lowest BCUT2D eigenvalue weighted by Crippen LogP contribution is -2.37. The fourth-order valence-corrected chi connectivity index (χ4v) is 3.14. The highest BCUT2D eigenvalue weighted by atomic mass is 16.5. The molecule has 26 heavy (non-hydrogen) atoms. The summed E-state index contributed by atoms with van der Waals surface area (Å²) in [5, 5.41) is 2.96. The van der Waals surface area contributed by atoms with Crippen LogP contribution in [-0.2, 0) is 4.79 Å². The van der Waals surface area contributed by atoms with Gasteiger partial charge in [-0.1, -0.05) is 18.2 Å². The summed E-state index contributed by atoms with van der Waals surface area (Å²) >= 11 is 0. The number of carbonyl (C=O) groups excluding carboxylic acids is 2. The number of hydrogen-bond donors (Lipinski definition) is 1. The van der Waals surface area contributed by atoms with Crippen molar-refractivity contribution in [1.82, 2.24) is 5.32 Å². The Balaban J connectivity index is 1.73. The maximum absolute atomic E-state index is 12.5. The Morgan fingerprint density at radius 2 is 1.85 bits per heavy atom. The van der Waals surface area contributed by atoms with Crippen LogP contribution in [0.1, 0.15) is 22.3 Å². The van der Waals surface area contributed by atoms with Crippen molar-refractivity contribution >= 4 is 17.5 Å². The summed E-state index contributed by atoms with van der Waals surface area (Å²) in [6.07, 6.45) is 0.270. The number of nitrogens with one attached hydrogen (secondary N) is 1. The number of anilines is 1. The molecule has 6 nitrogen and oxygen atoms in total. The number of hydrogen-bond acceptors (Lipinski definition) is 4. The second-order valence-corrected chi connectivity index (χ2v) is 6.23. The van der Waals surface area contributed by atoms with Gasteiger partial charge in [0.1, 0.15) is 0 Å². The summed E-state index contributed by atoms with van der Waals surface area (Å²) in [5.74, 6) is 0.972. The Labute approximate surface area is 152 Å². The van der Waals surface area contributed by atoms with Crippen molar-refractivity contribution in [2.45, 2.75) is 19.4 Å². The molecule has 1 aliphatic heterocycles. The topological polar surface area (TPSA) is 67.9 Å². The molecule has 0 saturated carbocycles. The lowest BCUT2D eigenvalue weighted by atomic mass is 10.1. The maximum atomic E-state index is 12.5. The van der Waals surface area contributed by atoms with Gasteiger partial charge in [-0.05, 0) is 30.7 Å². The van der Waals surface area contributed by atoms with Crippen LogP contribution in [-0.4, -0.2) is 38.6 Å². The molecule has 1 unspecified atom stereocenters. The molecule has 0 spiro atoms. The van der Waals surface area contributed by atoms with Crippen LogP contribution in [0.4, 0.5) is 5.69 Å². The Hall–Kier alpha value is -3.02. The molecule has 3 rings (SSSR count). The number of ether oxygens (including phenoxy) is 2. The van der Waals surface area contributed by atoms with E-state index in [1.165, 1.54) is 0 Å². The van der Waals surface area contributed by atoms with Gasteiger partial charge in [0.2, 0.25) is 5.91 Å². The molecule has 1 atom stereocenters. The van der Waals surface area contributed by atoms with Crippen LogP contribution in [0.3, 0.4) is 0 Å². The first kappa shape index (κ1) is 17.8. The van der Waals surface area contributed by atoms with E-state index >= 15 is 0 Å². The molecule has 136 valence electrons. The van der Waals surface area contributed by atoms with Crippen LogP contribution in [0.25, 0.3) is 0 Å². The number of nitrogens with zero attached hydrogens (tertiary/aromatic N) is 1. The molecule has 1 heterocycles. The lowest BCUT2D eigenvalue weighted by Gasteiger charge is -2.19. The smallest absolute Gasteiger partial charge is 0.251 e. The number of carbonyl (C=O) groups is 2. The molecule has 1 fully saturated rings. The zero-order valence-corrected chi connectivity index (χ0v) is 15.1. The number of benzene rings is 2. The normalized spacial score (nSPS) is 16.5. The van der Waals surface area contributed by atoms with Crippen molar-refractivity contribution in [3.8, 4) is 11.5 Å². The molecule has 2 amide bonds. The highest BCUT2D eigenvalue weighted by Crippen LogP contribution is 2.33. The molecule has 1 N–H and O–H groups in total. The molecule has 1 saturated heterocycles. The molecule has 6 heteroatoms. The van der Waals surface area contributed by atoms with E-state index in [-0.39, 0.29) is 24.3 Å². The molecular formula is C20H22N2O4. The number of amides is 2. The van der Waals surface area contributed by atoms with Crippen molar-refractivity contribution in [1.29, 1.82) is 0 Å². The third-order valence-corrected chi connectivity index (χ3v) is 4.53. The molecule has 0 radical (unpaired) electrons. The standard InChI is InChI=1S/C20H22N2O4/c1-13-6-4-5-7-16(13)20(24)21-14-10-19(23)22(12-14)15-8-9-17(25-2)18(11-15)26-3/h4-9,11,14H,10,12H2,1-3H3,(H,21,24). The van der Waals surface area contributed by atoms with E-state index in [9.17, 15) is 9.59 Å². The molecule has 0 aliphatic carbocycles. The van der Waals surface area contributed by atoms with E-state index in [0.717, 1.165) is 11.3 Å². The van der Waals surface area contributed by atoms with Gasteiger partial charge in [0.25, 0.3) is 5.91 Å². The Morgan fingerprint density at radius 3 is 2.54 bits per heavy atom. The summed E-state index contributed by atoms with van der Waals surface area (Å²) in [6.45, 7) is 2.32. The summed E-state index contributed by atoms with van der Waals surface area (Å²) in [6, 6.07) is 12.5. The number of methoxy groups -OCH3 is 2. The minimum absolute atomic E-state index is 0.0349. The summed E-state index contributed by atoms with van der Waals surface area (Å²) in [4.78, 5) is 26.6. The SMILES string of the molecule is COc1ccc(N2CC(NC(=O)c3ccccc3C)CC2=O)cc1OC. The lowest BCUT2D eigenvalue weighted by molar-refractivity contribution is -0.117. The third kappa shape index (κ3) is 3.49. The predicted octanol–water partition coefficient (Wildman–Crippen LogP) is 2.55. The van der Waals surface area contributed by atoms with Gasteiger partial charge in [0, 0.05) is 30.3 Å². The van der Waals surface area contributed by atoms with Crippen LogP contribution in [0, 0.1) is 6.92 Å². The Morgan fingerprint density at radius 1 is 1.12 bits per heavy atom. The third-order valence-electron chi connectivity index (χ3n) is 4.53. The van der Waals surface area contributed by atoms with Gasteiger partial charge in [-0.3, -0.25) is 9.59 Å². The van der Waals surface area contributed by atoms with Crippen molar-refractivity contribution in [2.24, 2.45) is 0 Å². The number of rotatable bonds is 5. The Kier molecular flexibility index (Phi) is 5.11. The van der Waals surface area contributed by atoms with Crippen LogP contribution >= 0.6 is 0 Å². The minimum atomic E-state index is -0.234. The minimum Gasteiger partial charge on any atom is -0.493 e. The van der Waals surface area contributed by atoms with Gasteiger partial charge < -0.3 is 19.7 Å². The molecule has 2 aromatic carbocycles. The predicted molar refractivity (Wildman–Crippen MR) is 98.9 cm³/mol. The van der Waals surface area contributed by atoms with Crippen molar-refractivity contribution in [3.63, 3.8) is 0 Å². The zero-order chi connectivity index (χ0) is 18.7. The average Bonchev–Trinajstić information content (AvgIpc) is 3.01. The fourth-order valence-electron chi connectivity index (χ4n) is 3.14. The number of aryl methyl sites for hydroxylation is 1. The monoisotopic (exact) mass is 354 g/mol. The quantitative estimate of drug-likeness (QED) is 0.896. The molecule has 1 aliphatic rings. The van der Waals surface area contributed by atoms with E-state index in [4.69, 9.17) is 9.47 Å². The van der Waals surface area contributed by atoms with Crippen LogP contribution in [0.5, 0.6) is 11.5 Å². The van der Waals surface area contributed by atoms with Crippen LogP contribution in [0.2, 0.25) is 0 Å². The first-order valence-corrected chi connectivity index (χ1v) is 8.42. The first-order chi connectivity index (χ1) is 12.5. The summed E-state index contributed by atoms with van der Waals surface area (Å²) < 4.78 is 10.5. The van der Waals surface area contributed by atoms with Gasteiger partial charge >= 0.3 is 0 Å². The fraction of sp³-hybridized carbons (Fsp3) is 0.300. The van der Waals surface area contributed by atoms with E-state index in [1.54, 1.807) is 37.3 Å². The summed E-state index contributed by atoms with van der Waals surface area (Å²) in [7, 11) is 3.12. The molecule has 2 aromatic rings. The first-order valence-electron chi connectivity index (χ1n) is 8.42. The van der Waals surface area contributed by atoms with E-state index in [2.05, 4.69) is 5.32 Å². The highest BCUT2D eigenvalue weighted by Gasteiger charge is 2.32. The maximum Gasteiger partial charge on any atom is 0.251 e. The van der Waals surface area contributed by atoms with Crippen LogP contribution < -0.4 is 19.7 Å². The van der Waals surface area contributed by atoms with Crippen molar-refractivity contribution in [3.05, 3.63) is 53.6 Å². The largest absolute Gasteiger partial charge is 0.493 e. The average molecular weight is 354 g/mol. The molecule has 0 aromatic heterocycles.